The minimum absolute atomic E-state index is 0.564. The number of rotatable bonds is 11. The van der Waals surface area contributed by atoms with Crippen molar-refractivity contribution in [1.82, 2.24) is 19.9 Å². The summed E-state index contributed by atoms with van der Waals surface area (Å²) in [5.41, 5.74) is 32.9. The molecule has 22 rings (SSSR count). The highest BCUT2D eigenvalue weighted by Gasteiger charge is 2.53. The molecule has 4 heterocycles. The quantitative estimate of drug-likeness (QED) is 0.129. The van der Waals surface area contributed by atoms with Crippen LogP contribution in [0.25, 0.3) is 146 Å². The van der Waals surface area contributed by atoms with Crippen molar-refractivity contribution in [3.63, 3.8) is 0 Å². The molecule has 0 amide bonds. The molecule has 4 aliphatic rings. The summed E-state index contributed by atoms with van der Waals surface area (Å²) in [6.45, 7) is 0. The second-order valence-corrected chi connectivity index (χ2v) is 29.3. The first kappa shape index (κ1) is 64.5. The van der Waals surface area contributed by atoms with Gasteiger partial charge in [0.15, 0.2) is 11.6 Å². The number of para-hydroxylation sites is 2. The van der Waals surface area contributed by atoms with E-state index in [9.17, 15) is 0 Å². The molecule has 0 fully saturated rings. The molecule has 6 heteroatoms. The largest absolute Gasteiger partial charge is 0.457 e. The van der Waals surface area contributed by atoms with Gasteiger partial charge in [-0.1, -0.05) is 352 Å². The van der Waals surface area contributed by atoms with E-state index in [0.717, 1.165) is 157 Å². The van der Waals surface area contributed by atoms with E-state index in [4.69, 9.17) is 29.4 Å². The monoisotopic (exact) mass is 1430 g/mol. The molecular formula is C106H66N4O2. The average molecular weight is 1430 g/mol. The highest BCUT2D eigenvalue weighted by atomic mass is 16.5. The molecule has 16 aromatic carbocycles. The van der Waals surface area contributed by atoms with Gasteiger partial charge in [0.2, 0.25) is 0 Å². The van der Waals surface area contributed by atoms with Gasteiger partial charge in [-0.2, -0.15) is 0 Å². The Balaban J connectivity index is 0.631. The fourth-order valence-corrected chi connectivity index (χ4v) is 18.5. The highest BCUT2D eigenvalue weighted by molar-refractivity contribution is 5.99. The van der Waals surface area contributed by atoms with Crippen molar-refractivity contribution in [3.8, 4) is 169 Å². The Kier molecular flexibility index (Phi) is 15.0. The van der Waals surface area contributed by atoms with Crippen LogP contribution in [0.1, 0.15) is 44.5 Å². The van der Waals surface area contributed by atoms with Crippen LogP contribution in [0.4, 0.5) is 0 Å². The lowest BCUT2D eigenvalue weighted by molar-refractivity contribution is 0.436. The van der Waals surface area contributed by atoms with Gasteiger partial charge in [-0.05, 0) is 149 Å². The summed E-state index contributed by atoms with van der Waals surface area (Å²) in [6.07, 6.45) is 0. The number of hydrogen-bond acceptors (Lipinski definition) is 6. The molecule has 0 radical (unpaired) electrons. The number of hydrogen-bond donors (Lipinski definition) is 0. The van der Waals surface area contributed by atoms with Crippen molar-refractivity contribution in [2.75, 3.05) is 0 Å². The fraction of sp³-hybridized carbons (Fsp3) is 0.0189. The molecule has 522 valence electrons. The number of nitrogens with zero attached hydrogens (tertiary/aromatic N) is 4. The highest BCUT2D eigenvalue weighted by Crippen LogP contribution is 2.65. The Morgan fingerprint density at radius 2 is 0.464 bits per heavy atom. The zero-order valence-corrected chi connectivity index (χ0v) is 60.7. The molecule has 0 bridgehead atoms. The summed E-state index contributed by atoms with van der Waals surface area (Å²) in [5.74, 6) is 4.61. The van der Waals surface area contributed by atoms with Gasteiger partial charge in [0, 0.05) is 55.6 Å². The summed E-state index contributed by atoms with van der Waals surface area (Å²) in [5, 5.41) is 0. The first-order valence-electron chi connectivity index (χ1n) is 38.2. The molecule has 0 saturated heterocycles. The van der Waals surface area contributed by atoms with Crippen LogP contribution in [0.2, 0.25) is 0 Å². The van der Waals surface area contributed by atoms with Gasteiger partial charge in [0.05, 0.1) is 33.6 Å². The summed E-state index contributed by atoms with van der Waals surface area (Å²) >= 11 is 0. The van der Waals surface area contributed by atoms with Gasteiger partial charge >= 0.3 is 0 Å². The predicted molar refractivity (Wildman–Crippen MR) is 452 cm³/mol. The molecule has 18 aromatic rings. The number of fused-ring (bicyclic) bond motifs is 18. The van der Waals surface area contributed by atoms with Crippen molar-refractivity contribution in [1.29, 1.82) is 0 Å². The standard InChI is InChI=1S/C106H66N4O2/c1-4-29-67(30-5-1)76-39-10-13-44-82(76)96-66-97(110-104(109-96)69-33-8-3-9-34-69)84-46-15-12-41-78(84)74-58-60-92-101(64-74)112-99-56-25-23-53-90(99)106(92)88-51-21-18-47-85(88)102-79(48-28-54-93(102)106)72-37-26-35-70(61-72)71-36-27-38-75(62-71)94-65-95(108-103(107-94)68-31-6-2-7-32-68)83-45-14-11-40-77(83)73-57-59-91-100(63-73)111-98-55-24-22-52-89(98)105(91)86-49-19-16-42-80(86)81-43-17-20-50-87(81)105/h1-66H. The minimum Gasteiger partial charge on any atom is -0.457 e. The van der Waals surface area contributed by atoms with Crippen LogP contribution in [-0.4, -0.2) is 19.9 Å². The van der Waals surface area contributed by atoms with Crippen LogP contribution in [0, 0.1) is 0 Å². The van der Waals surface area contributed by atoms with Gasteiger partial charge < -0.3 is 9.47 Å². The van der Waals surface area contributed by atoms with E-state index < -0.39 is 10.8 Å². The number of ether oxygens (including phenoxy) is 2. The van der Waals surface area contributed by atoms with Crippen molar-refractivity contribution in [2.45, 2.75) is 10.8 Å². The molecule has 2 aromatic heterocycles. The molecule has 6 nitrogen and oxygen atoms in total. The SMILES string of the molecule is c1ccc(-c2nc(-c3cccc(-c4cccc(-c5cccc6c5-c5ccccc5C65c6ccccc6Oc6cc(-c7ccccc7-c7cc(-c8ccccc8-c8ccccc8)nc(-c8ccccc8)n7)ccc65)c4)c3)cc(-c3ccccc3-c3ccc4c(c3)Oc3ccccc3C43c4ccccc4-c4ccccc43)n2)cc1. The van der Waals surface area contributed by atoms with Crippen LogP contribution >= 0.6 is 0 Å². The fourth-order valence-electron chi connectivity index (χ4n) is 18.5. The summed E-state index contributed by atoms with van der Waals surface area (Å²) < 4.78 is 14.3. The molecular weight excluding hydrogens is 1360 g/mol. The van der Waals surface area contributed by atoms with Gasteiger partial charge in [0.1, 0.15) is 23.0 Å². The van der Waals surface area contributed by atoms with E-state index in [1.54, 1.807) is 0 Å². The normalized spacial score (nSPS) is 14.0. The van der Waals surface area contributed by atoms with Crippen LogP contribution < -0.4 is 9.47 Å². The van der Waals surface area contributed by atoms with Crippen LogP contribution in [0.3, 0.4) is 0 Å². The third-order valence-corrected chi connectivity index (χ3v) is 23.3. The van der Waals surface area contributed by atoms with E-state index >= 15 is 0 Å². The summed E-state index contributed by atoms with van der Waals surface area (Å²) in [7, 11) is 0. The molecule has 0 N–H and O–H groups in total. The maximum Gasteiger partial charge on any atom is 0.160 e. The Morgan fingerprint density at radius 3 is 0.964 bits per heavy atom. The zero-order valence-electron chi connectivity index (χ0n) is 60.7. The van der Waals surface area contributed by atoms with Gasteiger partial charge in [0.25, 0.3) is 0 Å². The lowest BCUT2D eigenvalue weighted by atomic mass is 9.66. The maximum atomic E-state index is 7.23. The van der Waals surface area contributed by atoms with E-state index in [0.29, 0.717) is 11.6 Å². The van der Waals surface area contributed by atoms with Crippen molar-refractivity contribution in [2.24, 2.45) is 0 Å². The van der Waals surface area contributed by atoms with E-state index in [1.807, 2.05) is 24.3 Å². The summed E-state index contributed by atoms with van der Waals surface area (Å²) in [4.78, 5) is 21.6. The van der Waals surface area contributed by atoms with Gasteiger partial charge in [-0.3, -0.25) is 0 Å². The van der Waals surface area contributed by atoms with Crippen LogP contribution in [0.5, 0.6) is 23.0 Å². The van der Waals surface area contributed by atoms with Gasteiger partial charge in [-0.25, -0.2) is 19.9 Å². The third kappa shape index (κ3) is 10.1. The van der Waals surface area contributed by atoms with Crippen molar-refractivity contribution >= 4 is 0 Å². The van der Waals surface area contributed by atoms with Crippen LogP contribution in [0.15, 0.2) is 400 Å². The second-order valence-electron chi connectivity index (χ2n) is 29.3. The molecule has 112 heavy (non-hydrogen) atoms. The van der Waals surface area contributed by atoms with E-state index in [-0.39, 0.29) is 0 Å². The molecule has 1 atom stereocenters. The molecule has 2 aliphatic carbocycles. The van der Waals surface area contributed by atoms with Crippen LogP contribution in [-0.2, 0) is 10.8 Å². The van der Waals surface area contributed by atoms with Crippen molar-refractivity contribution < 1.29 is 9.47 Å². The lowest BCUT2D eigenvalue weighted by Gasteiger charge is -2.39. The Bertz CT molecular complexity index is 6800. The average Bonchev–Trinajstić information content (AvgIpc) is 1.53. The Hall–Kier alpha value is -14.7. The number of aromatic nitrogens is 4. The van der Waals surface area contributed by atoms with E-state index in [1.165, 1.54) is 44.5 Å². The number of benzene rings is 16. The smallest absolute Gasteiger partial charge is 0.160 e. The minimum atomic E-state index is -0.731. The first-order valence-corrected chi connectivity index (χ1v) is 38.2. The second kappa shape index (κ2) is 26.0. The molecule has 2 spiro atoms. The Labute approximate surface area is 649 Å². The maximum absolute atomic E-state index is 7.23. The third-order valence-electron chi connectivity index (χ3n) is 23.3. The van der Waals surface area contributed by atoms with Gasteiger partial charge in [-0.15, -0.1) is 0 Å². The Morgan fingerprint density at radius 1 is 0.161 bits per heavy atom. The topological polar surface area (TPSA) is 70.0 Å². The first-order chi connectivity index (χ1) is 55.5. The zero-order chi connectivity index (χ0) is 73.9. The summed E-state index contributed by atoms with van der Waals surface area (Å²) in [6, 6.07) is 143. The molecule has 0 saturated carbocycles. The lowest BCUT2D eigenvalue weighted by Crippen LogP contribution is -2.32. The molecule has 1 unspecified atom stereocenters. The van der Waals surface area contributed by atoms with Crippen molar-refractivity contribution in [3.05, 3.63) is 445 Å². The predicted octanol–water partition coefficient (Wildman–Crippen LogP) is 26.5. The molecule has 2 aliphatic heterocycles. The van der Waals surface area contributed by atoms with E-state index in [2.05, 4.69) is 376 Å².